The maximum absolute atomic E-state index is 13.0. The molecule has 0 bridgehead atoms. The van der Waals surface area contributed by atoms with E-state index in [0.29, 0.717) is 17.4 Å². The van der Waals surface area contributed by atoms with E-state index in [-0.39, 0.29) is 11.3 Å². The second-order valence-corrected chi connectivity index (χ2v) is 11.1. The number of benzene rings is 1. The molecule has 1 atom stereocenters. The predicted molar refractivity (Wildman–Crippen MR) is 167 cm³/mol. The second kappa shape index (κ2) is 19.5. The van der Waals surface area contributed by atoms with Crippen molar-refractivity contribution in [2.24, 2.45) is 7.05 Å². The zero-order chi connectivity index (χ0) is 40.9. The lowest BCUT2D eigenvalue weighted by Crippen LogP contribution is -2.37. The van der Waals surface area contributed by atoms with Gasteiger partial charge < -0.3 is 25.0 Å². The predicted octanol–water partition coefficient (Wildman–Crippen LogP) is 5.37. The molecular formula is C31H34F9N5O8. The van der Waals surface area contributed by atoms with E-state index in [2.05, 4.69) is 46.1 Å². The Morgan fingerprint density at radius 2 is 1.36 bits per heavy atom. The summed E-state index contributed by atoms with van der Waals surface area (Å²) in [6, 6.07) is 12.5. The van der Waals surface area contributed by atoms with Gasteiger partial charge in [0.05, 0.1) is 18.0 Å². The van der Waals surface area contributed by atoms with E-state index in [1.54, 1.807) is 19.4 Å². The third-order valence-electron chi connectivity index (χ3n) is 6.68. The number of carbonyl (C=O) groups is 3. The molecule has 294 valence electrons. The van der Waals surface area contributed by atoms with Crippen molar-refractivity contribution in [1.29, 1.82) is 0 Å². The van der Waals surface area contributed by atoms with Crippen LogP contribution < -0.4 is 10.3 Å². The minimum Gasteiger partial charge on any atom is -0.475 e. The zero-order valence-corrected chi connectivity index (χ0v) is 28.3. The molecule has 3 N–H and O–H groups in total. The maximum Gasteiger partial charge on any atom is 0.490 e. The van der Waals surface area contributed by atoms with Gasteiger partial charge in [-0.15, -0.1) is 0 Å². The van der Waals surface area contributed by atoms with Gasteiger partial charge in [0.15, 0.2) is 0 Å². The molecule has 13 nitrogen and oxygen atoms in total. The number of ether oxygens (including phenoxy) is 1. The highest BCUT2D eigenvalue weighted by atomic mass is 19.4. The number of likely N-dealkylation sites (tertiary alicyclic amines) is 1. The van der Waals surface area contributed by atoms with Gasteiger partial charge in [-0.2, -0.15) is 44.6 Å². The Balaban J connectivity index is 0.000000545. The fraction of sp³-hybridized carbons (Fsp3) is 0.419. The first-order valence-electron chi connectivity index (χ1n) is 14.8. The van der Waals surface area contributed by atoms with E-state index >= 15 is 0 Å². The molecule has 1 unspecified atom stereocenters. The van der Waals surface area contributed by atoms with Crippen molar-refractivity contribution in [1.82, 2.24) is 24.6 Å². The summed E-state index contributed by atoms with van der Waals surface area (Å²) in [4.78, 5) is 48.8. The third kappa shape index (κ3) is 15.9. The number of carboxylic acid groups (broad SMARTS) is 3. The first-order valence-corrected chi connectivity index (χ1v) is 14.8. The SMILES string of the molecule is Cc1ccc(Oc2c(-c3ccccc3CN3CCCC3CN(C)C)cnn(C)c2=O)cn1.O=C(O)C(F)(F)F.O=C(O)C(F)(F)F.O=C(O)C(F)(F)F. The van der Waals surface area contributed by atoms with Crippen molar-refractivity contribution in [3.05, 3.63) is 70.4 Å². The Hall–Kier alpha value is -5.25. The number of hydrogen-bond acceptors (Lipinski definition) is 9. The summed E-state index contributed by atoms with van der Waals surface area (Å²) in [6.07, 6.45) is -9.47. The van der Waals surface area contributed by atoms with E-state index in [9.17, 15) is 44.3 Å². The van der Waals surface area contributed by atoms with Crippen LogP contribution in [-0.4, -0.2) is 110 Å². The molecule has 2 aromatic heterocycles. The van der Waals surface area contributed by atoms with Gasteiger partial charge in [-0.25, -0.2) is 19.1 Å². The number of aliphatic carboxylic acids is 3. The van der Waals surface area contributed by atoms with Crippen molar-refractivity contribution < 1.29 is 74.0 Å². The van der Waals surface area contributed by atoms with Crippen LogP contribution in [0.2, 0.25) is 0 Å². The number of rotatable bonds is 7. The molecule has 0 saturated carbocycles. The number of carboxylic acids is 3. The molecule has 1 aromatic carbocycles. The van der Waals surface area contributed by atoms with Crippen molar-refractivity contribution in [2.75, 3.05) is 27.2 Å². The highest BCUT2D eigenvalue weighted by Gasteiger charge is 2.39. The number of halogens is 9. The fourth-order valence-corrected chi connectivity index (χ4v) is 4.31. The van der Waals surface area contributed by atoms with E-state index in [1.165, 1.54) is 23.1 Å². The van der Waals surface area contributed by atoms with Gasteiger partial charge in [0.1, 0.15) is 5.75 Å². The van der Waals surface area contributed by atoms with Crippen molar-refractivity contribution in [3.8, 4) is 22.6 Å². The van der Waals surface area contributed by atoms with E-state index in [4.69, 9.17) is 34.4 Å². The third-order valence-corrected chi connectivity index (χ3v) is 6.68. The van der Waals surface area contributed by atoms with Crippen LogP contribution in [0, 0.1) is 6.92 Å². The quantitative estimate of drug-likeness (QED) is 0.262. The van der Waals surface area contributed by atoms with Crippen LogP contribution in [0.4, 0.5) is 39.5 Å². The first kappa shape index (κ1) is 45.8. The van der Waals surface area contributed by atoms with Gasteiger partial charge in [0.2, 0.25) is 5.75 Å². The Bertz CT molecular complexity index is 1670. The number of pyridine rings is 1. The number of hydrogen-bond donors (Lipinski definition) is 3. The molecule has 22 heteroatoms. The Labute approximate surface area is 294 Å². The van der Waals surface area contributed by atoms with Crippen LogP contribution in [-0.2, 0) is 28.0 Å². The number of likely N-dealkylation sites (N-methyl/N-ethyl adjacent to an activating group) is 1. The lowest BCUT2D eigenvalue weighted by atomic mass is 10.00. The summed E-state index contributed by atoms with van der Waals surface area (Å²) < 4.78 is 103. The molecule has 1 aliphatic heterocycles. The highest BCUT2D eigenvalue weighted by Crippen LogP contribution is 2.33. The number of aromatic nitrogens is 3. The molecule has 0 aliphatic carbocycles. The van der Waals surface area contributed by atoms with Gasteiger partial charge >= 0.3 is 42.0 Å². The number of aryl methyl sites for hydroxylation is 2. The molecule has 0 spiro atoms. The van der Waals surface area contributed by atoms with Gasteiger partial charge in [-0.3, -0.25) is 14.7 Å². The largest absolute Gasteiger partial charge is 0.490 e. The van der Waals surface area contributed by atoms with Crippen LogP contribution in [0.25, 0.3) is 11.1 Å². The van der Waals surface area contributed by atoms with Crippen LogP contribution in [0.15, 0.2) is 53.6 Å². The molecule has 4 rings (SSSR count). The average Bonchev–Trinajstić information content (AvgIpc) is 3.46. The number of alkyl halides is 9. The van der Waals surface area contributed by atoms with Crippen molar-refractivity contribution in [2.45, 2.75) is 50.9 Å². The van der Waals surface area contributed by atoms with Crippen LogP contribution in [0.1, 0.15) is 24.1 Å². The normalized spacial score (nSPS) is 14.5. The van der Waals surface area contributed by atoms with Crippen LogP contribution in [0.5, 0.6) is 11.5 Å². The molecule has 3 aromatic rings. The van der Waals surface area contributed by atoms with Crippen molar-refractivity contribution >= 4 is 17.9 Å². The second-order valence-electron chi connectivity index (χ2n) is 11.1. The van der Waals surface area contributed by atoms with E-state index in [0.717, 1.165) is 30.9 Å². The van der Waals surface area contributed by atoms with E-state index in [1.807, 2.05) is 31.2 Å². The molecule has 3 heterocycles. The van der Waals surface area contributed by atoms with Gasteiger partial charge in [0, 0.05) is 31.9 Å². The van der Waals surface area contributed by atoms with Crippen LogP contribution >= 0.6 is 0 Å². The lowest BCUT2D eigenvalue weighted by Gasteiger charge is -2.28. The first-order chi connectivity index (χ1) is 24.2. The van der Waals surface area contributed by atoms with Gasteiger partial charge in [0.25, 0.3) is 0 Å². The molecular weight excluding hydrogens is 741 g/mol. The maximum atomic E-state index is 13.0. The fourth-order valence-electron chi connectivity index (χ4n) is 4.31. The minimum absolute atomic E-state index is 0.270. The monoisotopic (exact) mass is 775 g/mol. The summed E-state index contributed by atoms with van der Waals surface area (Å²) in [5.74, 6) is -7.47. The summed E-state index contributed by atoms with van der Waals surface area (Å²) in [5.41, 5.74) is 3.46. The van der Waals surface area contributed by atoms with Gasteiger partial charge in [-0.1, -0.05) is 24.3 Å². The summed E-state index contributed by atoms with van der Waals surface area (Å²) in [6.45, 7) is 4.87. The molecule has 1 saturated heterocycles. The summed E-state index contributed by atoms with van der Waals surface area (Å²) >= 11 is 0. The molecule has 1 aliphatic rings. The van der Waals surface area contributed by atoms with Gasteiger partial charge in [-0.05, 0) is 63.7 Å². The standard InChI is InChI=1S/C25H31N5O2.3C2HF3O2/c1-18-11-12-21(14-26-18)32-24-23(15-27-29(4)25(24)31)22-10-6-5-8-19(22)16-30-13-7-9-20(30)17-28(2)3;3*3-2(4,5)1(6)7/h5-6,8,10-12,14-15,20H,7,9,13,16-17H2,1-4H3;3*(H,6,7). The Morgan fingerprint density at radius 3 is 1.81 bits per heavy atom. The average molecular weight is 776 g/mol. The Morgan fingerprint density at radius 1 is 0.849 bits per heavy atom. The van der Waals surface area contributed by atoms with Crippen LogP contribution in [0.3, 0.4) is 0 Å². The molecule has 0 amide bonds. The van der Waals surface area contributed by atoms with E-state index < -0.39 is 36.4 Å². The summed E-state index contributed by atoms with van der Waals surface area (Å²) in [5, 5.41) is 25.7. The van der Waals surface area contributed by atoms with Crippen molar-refractivity contribution in [3.63, 3.8) is 0 Å². The molecule has 53 heavy (non-hydrogen) atoms. The number of nitrogens with zero attached hydrogens (tertiary/aromatic N) is 5. The topological polar surface area (TPSA) is 175 Å². The highest BCUT2D eigenvalue weighted by molar-refractivity contribution is 5.74. The zero-order valence-electron chi connectivity index (χ0n) is 28.3. The smallest absolute Gasteiger partial charge is 0.475 e. The minimum atomic E-state index is -5.08. The Kier molecular flexibility index (Phi) is 16.9. The lowest BCUT2D eigenvalue weighted by molar-refractivity contribution is -0.193. The summed E-state index contributed by atoms with van der Waals surface area (Å²) in [7, 11) is 5.88. The molecule has 1 fully saturated rings. The molecule has 0 radical (unpaired) electrons.